The average Bonchev–Trinajstić information content (AvgIpc) is 2.64. The zero-order valence-electron chi connectivity index (χ0n) is 14.4. The van der Waals surface area contributed by atoms with Gasteiger partial charge in [0.25, 0.3) is 11.8 Å². The molecule has 0 bridgehead atoms. The van der Waals surface area contributed by atoms with Gasteiger partial charge in [0.15, 0.2) is 6.10 Å². The quantitative estimate of drug-likeness (QED) is 0.928. The van der Waals surface area contributed by atoms with Gasteiger partial charge in [-0.3, -0.25) is 9.59 Å². The topological polar surface area (TPSA) is 67.9 Å². The van der Waals surface area contributed by atoms with Crippen LogP contribution in [0, 0.1) is 0 Å². The van der Waals surface area contributed by atoms with Gasteiger partial charge in [-0.2, -0.15) is 0 Å². The number of benzene rings is 2. The summed E-state index contributed by atoms with van der Waals surface area (Å²) in [5, 5.41) is 2.87. The van der Waals surface area contributed by atoms with Gasteiger partial charge in [0, 0.05) is 19.2 Å². The lowest BCUT2D eigenvalue weighted by atomic mass is 10.1. The Morgan fingerprint density at radius 2 is 1.96 bits per heavy atom. The molecule has 0 saturated heterocycles. The zero-order valence-corrected chi connectivity index (χ0v) is 14.4. The largest absolute Gasteiger partial charge is 0.497 e. The fourth-order valence-corrected chi connectivity index (χ4v) is 2.68. The first kappa shape index (κ1) is 16.8. The van der Waals surface area contributed by atoms with Crippen molar-refractivity contribution in [1.29, 1.82) is 0 Å². The van der Waals surface area contributed by atoms with Crippen LogP contribution in [0.2, 0.25) is 0 Å². The van der Waals surface area contributed by atoms with Crippen LogP contribution in [-0.2, 0) is 11.3 Å². The van der Waals surface area contributed by atoms with Crippen LogP contribution < -0.4 is 19.7 Å². The number of hydrogen-bond donors (Lipinski definition) is 1. The van der Waals surface area contributed by atoms with E-state index >= 15 is 0 Å². The van der Waals surface area contributed by atoms with Crippen LogP contribution in [0.25, 0.3) is 0 Å². The van der Waals surface area contributed by atoms with Gasteiger partial charge >= 0.3 is 0 Å². The highest BCUT2D eigenvalue weighted by molar-refractivity contribution is 6.02. The minimum atomic E-state index is -0.521. The molecular formula is C19H20N2O4. The smallest absolute Gasteiger partial charge is 0.267 e. The number of carbonyl (C=O) groups is 2. The summed E-state index contributed by atoms with van der Waals surface area (Å²) in [6.07, 6.45) is -0.521. The van der Waals surface area contributed by atoms with Gasteiger partial charge in [-0.1, -0.05) is 12.1 Å². The molecule has 0 aliphatic carbocycles. The number of nitrogens with zero attached hydrogens (tertiary/aromatic N) is 1. The Morgan fingerprint density at radius 3 is 2.64 bits per heavy atom. The van der Waals surface area contributed by atoms with Crippen molar-refractivity contribution in [2.75, 3.05) is 19.1 Å². The molecule has 6 heteroatoms. The molecule has 0 aromatic heterocycles. The number of rotatable bonds is 4. The molecule has 0 saturated carbocycles. The molecule has 0 fully saturated rings. The molecule has 1 unspecified atom stereocenters. The molecule has 0 radical (unpaired) electrons. The van der Waals surface area contributed by atoms with E-state index in [0.29, 0.717) is 23.5 Å². The Hall–Kier alpha value is -3.02. The lowest BCUT2D eigenvalue weighted by Gasteiger charge is -2.30. The van der Waals surface area contributed by atoms with Crippen molar-refractivity contribution in [3.63, 3.8) is 0 Å². The number of methoxy groups -OCH3 is 1. The summed E-state index contributed by atoms with van der Waals surface area (Å²) in [6.45, 7) is 2.11. The maximum absolute atomic E-state index is 12.4. The third kappa shape index (κ3) is 3.42. The predicted octanol–water partition coefficient (Wildman–Crippen LogP) is 2.37. The second kappa shape index (κ2) is 6.84. The van der Waals surface area contributed by atoms with E-state index in [2.05, 4.69) is 5.32 Å². The maximum Gasteiger partial charge on any atom is 0.267 e. The molecule has 1 aliphatic heterocycles. The zero-order chi connectivity index (χ0) is 18.0. The second-order valence-electron chi connectivity index (χ2n) is 5.87. The molecule has 3 rings (SSSR count). The van der Waals surface area contributed by atoms with E-state index in [9.17, 15) is 9.59 Å². The summed E-state index contributed by atoms with van der Waals surface area (Å²) in [5.74, 6) is 1.02. The van der Waals surface area contributed by atoms with Gasteiger partial charge in [0.2, 0.25) is 0 Å². The molecule has 1 heterocycles. The lowest BCUT2D eigenvalue weighted by molar-refractivity contribution is -0.125. The molecule has 2 amide bonds. The number of amides is 2. The Morgan fingerprint density at radius 1 is 1.24 bits per heavy atom. The van der Waals surface area contributed by atoms with Crippen molar-refractivity contribution in [1.82, 2.24) is 5.32 Å². The predicted molar refractivity (Wildman–Crippen MR) is 94.1 cm³/mol. The summed E-state index contributed by atoms with van der Waals surface area (Å²) in [4.78, 5) is 25.9. The van der Waals surface area contributed by atoms with Crippen LogP contribution in [0.1, 0.15) is 22.8 Å². The first-order valence-corrected chi connectivity index (χ1v) is 7.99. The summed E-state index contributed by atoms with van der Waals surface area (Å²) < 4.78 is 10.7. The number of ether oxygens (including phenoxy) is 2. The minimum absolute atomic E-state index is 0.136. The molecule has 25 heavy (non-hydrogen) atoms. The van der Waals surface area contributed by atoms with Gasteiger partial charge in [0.1, 0.15) is 11.5 Å². The number of likely N-dealkylation sites (N-methyl/N-ethyl adjacent to an activating group) is 1. The summed E-state index contributed by atoms with van der Waals surface area (Å²) in [6, 6.07) is 12.6. The van der Waals surface area contributed by atoms with Gasteiger partial charge < -0.3 is 19.7 Å². The van der Waals surface area contributed by atoms with E-state index in [0.717, 1.165) is 11.3 Å². The molecule has 0 spiro atoms. The van der Waals surface area contributed by atoms with Crippen LogP contribution in [-0.4, -0.2) is 32.1 Å². The molecule has 1 atom stereocenters. The lowest BCUT2D eigenvalue weighted by Crippen LogP contribution is -2.42. The average molecular weight is 340 g/mol. The van der Waals surface area contributed by atoms with Crippen LogP contribution in [0.3, 0.4) is 0 Å². The van der Waals surface area contributed by atoms with E-state index in [1.165, 1.54) is 4.90 Å². The number of fused-ring (bicyclic) bond motifs is 1. The Bertz CT molecular complexity index is 802. The Kier molecular flexibility index (Phi) is 4.61. The third-order valence-corrected chi connectivity index (χ3v) is 4.18. The molecule has 130 valence electrons. The summed E-state index contributed by atoms with van der Waals surface area (Å²) in [7, 11) is 3.29. The minimum Gasteiger partial charge on any atom is -0.497 e. The highest BCUT2D eigenvalue weighted by atomic mass is 16.5. The number of anilines is 1. The van der Waals surface area contributed by atoms with Gasteiger partial charge in [-0.15, -0.1) is 0 Å². The van der Waals surface area contributed by atoms with Crippen molar-refractivity contribution in [2.24, 2.45) is 0 Å². The maximum atomic E-state index is 12.4. The van der Waals surface area contributed by atoms with Crippen LogP contribution >= 0.6 is 0 Å². The fraction of sp³-hybridized carbons (Fsp3) is 0.263. The molecule has 6 nitrogen and oxygen atoms in total. The van der Waals surface area contributed by atoms with Crippen LogP contribution in [0.4, 0.5) is 5.69 Å². The number of carbonyl (C=O) groups excluding carboxylic acids is 2. The van der Waals surface area contributed by atoms with Crippen LogP contribution in [0.5, 0.6) is 11.5 Å². The summed E-state index contributed by atoms with van der Waals surface area (Å²) in [5.41, 5.74) is 2.04. The van der Waals surface area contributed by atoms with Crippen molar-refractivity contribution in [3.8, 4) is 11.5 Å². The summed E-state index contributed by atoms with van der Waals surface area (Å²) >= 11 is 0. The first-order chi connectivity index (χ1) is 12.0. The second-order valence-corrected chi connectivity index (χ2v) is 5.87. The number of nitrogens with one attached hydrogen (secondary N) is 1. The third-order valence-electron chi connectivity index (χ3n) is 4.18. The highest BCUT2D eigenvalue weighted by Gasteiger charge is 2.29. The monoisotopic (exact) mass is 340 g/mol. The van der Waals surface area contributed by atoms with Crippen molar-refractivity contribution in [3.05, 3.63) is 53.6 Å². The highest BCUT2D eigenvalue weighted by Crippen LogP contribution is 2.33. The number of hydrogen-bond acceptors (Lipinski definition) is 4. The Balaban J connectivity index is 1.71. The molecule has 1 N–H and O–H groups in total. The van der Waals surface area contributed by atoms with E-state index in [1.54, 1.807) is 39.3 Å². The van der Waals surface area contributed by atoms with E-state index in [4.69, 9.17) is 9.47 Å². The van der Waals surface area contributed by atoms with Crippen molar-refractivity contribution in [2.45, 2.75) is 19.6 Å². The van der Waals surface area contributed by atoms with Gasteiger partial charge in [-0.05, 0) is 42.8 Å². The Labute approximate surface area is 146 Å². The standard InChI is InChI=1S/C19H20N2O4/c1-12-19(23)21(2)16-10-14(6-9-17(16)25-12)18(22)20-11-13-4-7-15(24-3)8-5-13/h4-10,12H,11H2,1-3H3,(H,20,22). The molecule has 2 aromatic rings. The first-order valence-electron chi connectivity index (χ1n) is 7.99. The van der Waals surface area contributed by atoms with Gasteiger partial charge in [0.05, 0.1) is 12.8 Å². The van der Waals surface area contributed by atoms with Gasteiger partial charge in [-0.25, -0.2) is 0 Å². The van der Waals surface area contributed by atoms with Crippen molar-refractivity contribution >= 4 is 17.5 Å². The van der Waals surface area contributed by atoms with E-state index in [1.807, 2.05) is 24.3 Å². The van der Waals surface area contributed by atoms with Crippen LogP contribution in [0.15, 0.2) is 42.5 Å². The normalized spacial score (nSPS) is 16.0. The molecule has 2 aromatic carbocycles. The molecule has 1 aliphatic rings. The molecular weight excluding hydrogens is 320 g/mol. The SMILES string of the molecule is COc1ccc(CNC(=O)c2ccc3c(c2)N(C)C(=O)C(C)O3)cc1. The van der Waals surface area contributed by atoms with E-state index < -0.39 is 6.10 Å². The fourth-order valence-electron chi connectivity index (χ4n) is 2.68. The van der Waals surface area contributed by atoms with E-state index in [-0.39, 0.29) is 11.8 Å². The van der Waals surface area contributed by atoms with Crippen molar-refractivity contribution < 1.29 is 19.1 Å².